The third-order valence-electron chi connectivity index (χ3n) is 1.94. The van der Waals surface area contributed by atoms with Crippen LogP contribution in [0.3, 0.4) is 0 Å². The zero-order valence-electron chi connectivity index (χ0n) is 8.32. The van der Waals surface area contributed by atoms with Gasteiger partial charge < -0.3 is 16.2 Å². The number of primary amides is 1. The molecule has 0 bridgehead atoms. The summed E-state index contributed by atoms with van der Waals surface area (Å²) < 4.78 is 4.66. The van der Waals surface area contributed by atoms with Gasteiger partial charge in [0.15, 0.2) is 6.61 Å². The van der Waals surface area contributed by atoms with Crippen LogP contribution in [0.2, 0.25) is 0 Å². The molecule has 0 unspecified atom stereocenters. The van der Waals surface area contributed by atoms with Gasteiger partial charge in [-0.15, -0.1) is 0 Å². The number of carbonyl (C=O) groups excluding carboxylic acids is 2. The number of amides is 1. The van der Waals surface area contributed by atoms with Gasteiger partial charge in [0.1, 0.15) is 0 Å². The van der Waals surface area contributed by atoms with Crippen LogP contribution >= 0.6 is 0 Å². The van der Waals surface area contributed by atoms with Crippen LogP contribution < -0.4 is 11.5 Å². The van der Waals surface area contributed by atoms with Gasteiger partial charge in [0.05, 0.1) is 5.56 Å². The average molecular weight is 208 g/mol. The van der Waals surface area contributed by atoms with Crippen molar-refractivity contribution < 1.29 is 14.3 Å². The Balaban J connectivity index is 2.82. The summed E-state index contributed by atoms with van der Waals surface area (Å²) in [6.07, 6.45) is 0. The van der Waals surface area contributed by atoms with Crippen molar-refractivity contribution in [3.63, 3.8) is 0 Å². The van der Waals surface area contributed by atoms with Gasteiger partial charge in [0.2, 0.25) is 0 Å². The Hall–Kier alpha value is -2.04. The molecule has 0 saturated carbocycles. The molecular formula is C10H12N2O3. The summed E-state index contributed by atoms with van der Waals surface area (Å²) >= 11 is 0. The fraction of sp³-hybridized carbons (Fsp3) is 0.200. The van der Waals surface area contributed by atoms with Gasteiger partial charge in [0.25, 0.3) is 5.91 Å². The molecule has 4 N–H and O–H groups in total. The molecule has 0 aliphatic carbocycles. The van der Waals surface area contributed by atoms with Gasteiger partial charge >= 0.3 is 5.97 Å². The number of esters is 1. The van der Waals surface area contributed by atoms with Gasteiger partial charge in [-0.3, -0.25) is 4.79 Å². The maximum Gasteiger partial charge on any atom is 0.338 e. The van der Waals surface area contributed by atoms with Gasteiger partial charge in [-0.1, -0.05) is 6.07 Å². The predicted octanol–water partition coefficient (Wildman–Crippen LogP) is 0.219. The molecule has 0 aromatic heterocycles. The molecule has 0 heterocycles. The highest BCUT2D eigenvalue weighted by Gasteiger charge is 2.12. The van der Waals surface area contributed by atoms with Gasteiger partial charge in [-0.05, 0) is 24.6 Å². The van der Waals surface area contributed by atoms with E-state index in [0.29, 0.717) is 16.8 Å². The number of carbonyl (C=O) groups is 2. The highest BCUT2D eigenvalue weighted by atomic mass is 16.5. The Labute approximate surface area is 87.0 Å². The molecule has 80 valence electrons. The Morgan fingerprint density at radius 2 is 2.07 bits per heavy atom. The maximum atomic E-state index is 11.4. The Bertz CT molecular complexity index is 402. The number of hydrogen-bond acceptors (Lipinski definition) is 4. The first kappa shape index (κ1) is 11.0. The van der Waals surface area contributed by atoms with Crippen molar-refractivity contribution in [3.05, 3.63) is 29.3 Å². The number of benzene rings is 1. The molecule has 1 aromatic rings. The van der Waals surface area contributed by atoms with Crippen LogP contribution in [0.1, 0.15) is 15.9 Å². The van der Waals surface area contributed by atoms with E-state index in [1.54, 1.807) is 25.1 Å². The van der Waals surface area contributed by atoms with E-state index in [-0.39, 0.29) is 0 Å². The highest BCUT2D eigenvalue weighted by molar-refractivity contribution is 5.93. The van der Waals surface area contributed by atoms with Crippen LogP contribution in [-0.4, -0.2) is 18.5 Å². The number of ether oxygens (including phenoxy) is 1. The molecule has 0 atom stereocenters. The zero-order valence-corrected chi connectivity index (χ0v) is 8.32. The van der Waals surface area contributed by atoms with Crippen molar-refractivity contribution in [2.24, 2.45) is 5.73 Å². The second-order valence-corrected chi connectivity index (χ2v) is 3.06. The van der Waals surface area contributed by atoms with E-state index in [1.807, 2.05) is 0 Å². The van der Waals surface area contributed by atoms with E-state index in [1.165, 1.54) is 0 Å². The largest absolute Gasteiger partial charge is 0.452 e. The minimum atomic E-state index is -0.690. The highest BCUT2D eigenvalue weighted by Crippen LogP contribution is 2.16. The molecule has 0 aliphatic heterocycles. The van der Waals surface area contributed by atoms with Crippen molar-refractivity contribution in [1.82, 2.24) is 0 Å². The number of nitrogens with two attached hydrogens (primary N) is 2. The summed E-state index contributed by atoms with van der Waals surface area (Å²) in [5, 5.41) is 0. The van der Waals surface area contributed by atoms with E-state index in [2.05, 4.69) is 4.74 Å². The van der Waals surface area contributed by atoms with Crippen molar-refractivity contribution >= 4 is 17.6 Å². The van der Waals surface area contributed by atoms with Gasteiger partial charge in [-0.2, -0.15) is 0 Å². The normalized spacial score (nSPS) is 9.67. The molecule has 0 radical (unpaired) electrons. The number of hydrogen-bond donors (Lipinski definition) is 2. The molecule has 0 saturated heterocycles. The summed E-state index contributed by atoms with van der Waals surface area (Å²) in [5.74, 6) is -1.29. The van der Waals surface area contributed by atoms with Crippen LogP contribution in [0.4, 0.5) is 5.69 Å². The molecular weight excluding hydrogens is 196 g/mol. The average Bonchev–Trinajstić information content (AvgIpc) is 2.18. The molecule has 1 amide bonds. The van der Waals surface area contributed by atoms with Crippen LogP contribution in [-0.2, 0) is 9.53 Å². The molecule has 1 rings (SSSR count). The topological polar surface area (TPSA) is 95.4 Å². The summed E-state index contributed by atoms with van der Waals surface area (Å²) in [4.78, 5) is 21.8. The van der Waals surface area contributed by atoms with E-state index in [4.69, 9.17) is 11.5 Å². The second-order valence-electron chi connectivity index (χ2n) is 3.06. The Morgan fingerprint density at radius 3 is 2.67 bits per heavy atom. The summed E-state index contributed by atoms with van der Waals surface area (Å²) in [6.45, 7) is 1.28. The summed E-state index contributed by atoms with van der Waals surface area (Å²) in [5.41, 5.74) is 11.9. The molecule has 0 aliphatic rings. The number of nitrogen functional groups attached to an aromatic ring is 1. The number of anilines is 1. The van der Waals surface area contributed by atoms with Gasteiger partial charge in [0, 0.05) is 5.69 Å². The smallest absolute Gasteiger partial charge is 0.338 e. The lowest BCUT2D eigenvalue weighted by atomic mass is 10.1. The van der Waals surface area contributed by atoms with Crippen LogP contribution in [0.15, 0.2) is 18.2 Å². The van der Waals surface area contributed by atoms with Crippen molar-refractivity contribution in [1.29, 1.82) is 0 Å². The van der Waals surface area contributed by atoms with E-state index < -0.39 is 18.5 Å². The molecule has 5 nitrogen and oxygen atoms in total. The molecule has 0 spiro atoms. The minimum Gasteiger partial charge on any atom is -0.452 e. The first-order chi connectivity index (χ1) is 7.02. The molecule has 15 heavy (non-hydrogen) atoms. The standard InChI is InChI=1S/C10H12N2O3/c1-6-7(3-2-4-8(6)11)10(14)15-5-9(12)13/h2-4H,5,11H2,1H3,(H2,12,13). The van der Waals surface area contributed by atoms with Crippen LogP contribution in [0.25, 0.3) is 0 Å². The fourth-order valence-electron chi connectivity index (χ4n) is 1.09. The summed E-state index contributed by atoms with van der Waals surface area (Å²) in [7, 11) is 0. The SMILES string of the molecule is Cc1c(N)cccc1C(=O)OCC(N)=O. The third-order valence-corrected chi connectivity index (χ3v) is 1.94. The maximum absolute atomic E-state index is 11.4. The first-order valence-corrected chi connectivity index (χ1v) is 4.33. The fourth-order valence-corrected chi connectivity index (χ4v) is 1.09. The monoisotopic (exact) mass is 208 g/mol. The summed E-state index contributed by atoms with van der Waals surface area (Å²) in [6, 6.07) is 4.90. The number of rotatable bonds is 3. The first-order valence-electron chi connectivity index (χ1n) is 4.33. The van der Waals surface area contributed by atoms with E-state index in [0.717, 1.165) is 0 Å². The lowest BCUT2D eigenvalue weighted by Gasteiger charge is -2.07. The molecule has 1 aromatic carbocycles. The predicted molar refractivity (Wildman–Crippen MR) is 55.1 cm³/mol. The van der Waals surface area contributed by atoms with Crippen molar-refractivity contribution in [2.75, 3.05) is 12.3 Å². The second kappa shape index (κ2) is 4.45. The minimum absolute atomic E-state index is 0.344. The Kier molecular flexibility index (Phi) is 3.28. The zero-order chi connectivity index (χ0) is 11.4. The van der Waals surface area contributed by atoms with E-state index in [9.17, 15) is 9.59 Å². The van der Waals surface area contributed by atoms with Crippen molar-refractivity contribution in [3.8, 4) is 0 Å². The van der Waals surface area contributed by atoms with Crippen LogP contribution in [0, 0.1) is 6.92 Å². The lowest BCUT2D eigenvalue weighted by Crippen LogP contribution is -2.21. The molecule has 5 heteroatoms. The van der Waals surface area contributed by atoms with Crippen molar-refractivity contribution in [2.45, 2.75) is 6.92 Å². The Morgan fingerprint density at radius 1 is 1.40 bits per heavy atom. The quantitative estimate of drug-likeness (QED) is 0.548. The van der Waals surface area contributed by atoms with E-state index >= 15 is 0 Å². The third kappa shape index (κ3) is 2.70. The molecule has 0 fully saturated rings. The lowest BCUT2D eigenvalue weighted by molar-refractivity contribution is -0.121. The van der Waals surface area contributed by atoms with Gasteiger partial charge in [-0.25, -0.2) is 4.79 Å². The van der Waals surface area contributed by atoms with Crippen LogP contribution in [0.5, 0.6) is 0 Å².